The monoisotopic (exact) mass is 276 g/mol. The van der Waals surface area contributed by atoms with E-state index in [4.69, 9.17) is 16.3 Å². The average molecular weight is 277 g/mol. The average Bonchev–Trinajstić information content (AvgIpc) is 2.47. The number of fused-ring (bicyclic) bond motifs is 1. The van der Waals surface area contributed by atoms with Gasteiger partial charge in [0.1, 0.15) is 10.8 Å². The standard InChI is InChI=1S/C14H13ClN2O2/c15-13-11-4-2-1-3-10(11)9-12(16-13)14(18)17-5-7-19-8-6-17/h1-4,9H,5-8H2. The predicted molar refractivity (Wildman–Crippen MR) is 73.5 cm³/mol. The molecule has 19 heavy (non-hydrogen) atoms. The van der Waals surface area contributed by atoms with Gasteiger partial charge in [0.25, 0.3) is 5.91 Å². The van der Waals surface area contributed by atoms with Gasteiger partial charge in [0, 0.05) is 18.5 Å². The smallest absolute Gasteiger partial charge is 0.272 e. The minimum atomic E-state index is -0.0871. The maximum Gasteiger partial charge on any atom is 0.272 e. The largest absolute Gasteiger partial charge is 0.378 e. The van der Waals surface area contributed by atoms with E-state index in [0.29, 0.717) is 37.2 Å². The molecule has 0 aliphatic carbocycles. The van der Waals surface area contributed by atoms with Crippen LogP contribution in [0.1, 0.15) is 10.5 Å². The van der Waals surface area contributed by atoms with Crippen LogP contribution >= 0.6 is 11.6 Å². The van der Waals surface area contributed by atoms with Gasteiger partial charge in [-0.05, 0) is 11.5 Å². The number of carbonyl (C=O) groups excluding carboxylic acids is 1. The van der Waals surface area contributed by atoms with Crippen LogP contribution in [0.3, 0.4) is 0 Å². The number of pyridine rings is 1. The van der Waals surface area contributed by atoms with Crippen molar-refractivity contribution in [1.82, 2.24) is 9.88 Å². The highest BCUT2D eigenvalue weighted by atomic mass is 35.5. The van der Waals surface area contributed by atoms with Gasteiger partial charge in [-0.1, -0.05) is 35.9 Å². The van der Waals surface area contributed by atoms with Crippen LogP contribution in [0, 0.1) is 0 Å². The zero-order chi connectivity index (χ0) is 13.2. The van der Waals surface area contributed by atoms with Gasteiger partial charge >= 0.3 is 0 Å². The first-order valence-electron chi connectivity index (χ1n) is 6.18. The summed E-state index contributed by atoms with van der Waals surface area (Å²) in [6, 6.07) is 9.44. The molecule has 1 fully saturated rings. The van der Waals surface area contributed by atoms with Crippen LogP contribution in [-0.2, 0) is 4.74 Å². The maximum absolute atomic E-state index is 12.3. The Morgan fingerprint density at radius 3 is 2.79 bits per heavy atom. The lowest BCUT2D eigenvalue weighted by atomic mass is 10.1. The molecule has 1 aliphatic rings. The van der Waals surface area contributed by atoms with Crippen LogP contribution < -0.4 is 0 Å². The fourth-order valence-corrected chi connectivity index (χ4v) is 2.46. The van der Waals surface area contributed by atoms with Crippen molar-refractivity contribution in [1.29, 1.82) is 0 Å². The van der Waals surface area contributed by atoms with Crippen molar-refractivity contribution in [3.8, 4) is 0 Å². The second kappa shape index (κ2) is 5.15. The molecule has 2 heterocycles. The molecule has 4 nitrogen and oxygen atoms in total. The first-order chi connectivity index (χ1) is 9.25. The Hall–Kier alpha value is -1.65. The number of ether oxygens (including phenoxy) is 1. The van der Waals surface area contributed by atoms with Crippen molar-refractivity contribution in [3.05, 3.63) is 41.2 Å². The third-order valence-corrected chi connectivity index (χ3v) is 3.50. The molecule has 0 bridgehead atoms. The van der Waals surface area contributed by atoms with Gasteiger partial charge in [0.05, 0.1) is 13.2 Å². The summed E-state index contributed by atoms with van der Waals surface area (Å²) in [5.74, 6) is -0.0871. The van der Waals surface area contributed by atoms with E-state index in [0.717, 1.165) is 10.8 Å². The molecule has 2 aromatic rings. The molecule has 98 valence electrons. The predicted octanol–water partition coefficient (Wildman–Crippen LogP) is 2.36. The van der Waals surface area contributed by atoms with Crippen molar-refractivity contribution >= 4 is 28.3 Å². The highest BCUT2D eigenvalue weighted by molar-refractivity contribution is 6.34. The van der Waals surface area contributed by atoms with Crippen LogP contribution in [0.15, 0.2) is 30.3 Å². The summed E-state index contributed by atoms with van der Waals surface area (Å²) in [6.07, 6.45) is 0. The lowest BCUT2D eigenvalue weighted by molar-refractivity contribution is 0.0299. The quantitative estimate of drug-likeness (QED) is 0.751. The zero-order valence-electron chi connectivity index (χ0n) is 10.3. The lowest BCUT2D eigenvalue weighted by Crippen LogP contribution is -2.41. The third kappa shape index (κ3) is 2.41. The summed E-state index contributed by atoms with van der Waals surface area (Å²) in [5.41, 5.74) is 0.394. The molecule has 1 saturated heterocycles. The van der Waals surface area contributed by atoms with E-state index in [2.05, 4.69) is 4.98 Å². The van der Waals surface area contributed by atoms with Crippen molar-refractivity contribution in [2.24, 2.45) is 0 Å². The van der Waals surface area contributed by atoms with Gasteiger partial charge in [-0.15, -0.1) is 0 Å². The molecule has 0 N–H and O–H groups in total. The second-order valence-electron chi connectivity index (χ2n) is 4.42. The van der Waals surface area contributed by atoms with Gasteiger partial charge < -0.3 is 9.64 Å². The summed E-state index contributed by atoms with van der Waals surface area (Å²) in [4.78, 5) is 18.3. The highest BCUT2D eigenvalue weighted by Crippen LogP contribution is 2.23. The first-order valence-corrected chi connectivity index (χ1v) is 6.56. The SMILES string of the molecule is O=C(c1cc2ccccc2c(Cl)n1)N1CCOCC1. The molecule has 0 spiro atoms. The number of nitrogens with zero attached hydrogens (tertiary/aromatic N) is 2. The minimum absolute atomic E-state index is 0.0871. The number of morpholine rings is 1. The van der Waals surface area contributed by atoms with Crippen LogP contribution in [0.4, 0.5) is 0 Å². The summed E-state index contributed by atoms with van der Waals surface area (Å²) < 4.78 is 5.24. The summed E-state index contributed by atoms with van der Waals surface area (Å²) in [7, 11) is 0. The molecule has 0 unspecified atom stereocenters. The summed E-state index contributed by atoms with van der Waals surface area (Å²) >= 11 is 6.14. The Bertz CT molecular complexity index is 624. The van der Waals surface area contributed by atoms with E-state index in [9.17, 15) is 4.79 Å². The zero-order valence-corrected chi connectivity index (χ0v) is 11.1. The normalized spacial score (nSPS) is 15.7. The van der Waals surface area contributed by atoms with Gasteiger partial charge in [-0.25, -0.2) is 4.98 Å². The lowest BCUT2D eigenvalue weighted by Gasteiger charge is -2.26. The molecule has 1 amide bonds. The number of hydrogen-bond donors (Lipinski definition) is 0. The molecule has 3 rings (SSSR count). The Labute approximate surface area is 115 Å². The molecular formula is C14H13ClN2O2. The molecule has 0 atom stereocenters. The number of rotatable bonds is 1. The van der Waals surface area contributed by atoms with E-state index in [1.807, 2.05) is 24.3 Å². The third-order valence-electron chi connectivity index (χ3n) is 3.21. The summed E-state index contributed by atoms with van der Waals surface area (Å²) in [6.45, 7) is 2.36. The maximum atomic E-state index is 12.3. The van der Waals surface area contributed by atoms with Gasteiger partial charge in [0.2, 0.25) is 0 Å². The summed E-state index contributed by atoms with van der Waals surface area (Å²) in [5, 5.41) is 2.16. The Kier molecular flexibility index (Phi) is 3.36. The minimum Gasteiger partial charge on any atom is -0.378 e. The number of carbonyl (C=O) groups is 1. The Morgan fingerprint density at radius 1 is 1.26 bits per heavy atom. The van der Waals surface area contributed by atoms with Gasteiger partial charge in [-0.3, -0.25) is 4.79 Å². The van der Waals surface area contributed by atoms with Crippen molar-refractivity contribution in [2.45, 2.75) is 0 Å². The molecule has 1 aromatic heterocycles. The van der Waals surface area contributed by atoms with Crippen LogP contribution in [0.25, 0.3) is 10.8 Å². The van der Waals surface area contributed by atoms with E-state index >= 15 is 0 Å². The van der Waals surface area contributed by atoms with E-state index in [1.54, 1.807) is 11.0 Å². The number of halogens is 1. The number of hydrogen-bond acceptors (Lipinski definition) is 3. The fourth-order valence-electron chi connectivity index (χ4n) is 2.19. The highest BCUT2D eigenvalue weighted by Gasteiger charge is 2.20. The van der Waals surface area contributed by atoms with Crippen molar-refractivity contribution in [3.63, 3.8) is 0 Å². The molecule has 0 saturated carbocycles. The van der Waals surface area contributed by atoms with E-state index < -0.39 is 0 Å². The van der Waals surface area contributed by atoms with E-state index in [-0.39, 0.29) is 5.91 Å². The topological polar surface area (TPSA) is 42.4 Å². The molecular weight excluding hydrogens is 264 g/mol. The molecule has 1 aromatic carbocycles. The van der Waals surface area contributed by atoms with Crippen LogP contribution in [0.2, 0.25) is 5.15 Å². The van der Waals surface area contributed by atoms with Crippen molar-refractivity contribution in [2.75, 3.05) is 26.3 Å². The second-order valence-corrected chi connectivity index (χ2v) is 4.78. The molecule has 0 radical (unpaired) electrons. The number of amides is 1. The van der Waals surface area contributed by atoms with Crippen LogP contribution in [0.5, 0.6) is 0 Å². The van der Waals surface area contributed by atoms with Crippen LogP contribution in [-0.4, -0.2) is 42.1 Å². The van der Waals surface area contributed by atoms with E-state index in [1.165, 1.54) is 0 Å². The number of benzene rings is 1. The Balaban J connectivity index is 1.98. The Morgan fingerprint density at radius 2 is 2.00 bits per heavy atom. The fraction of sp³-hybridized carbons (Fsp3) is 0.286. The number of aromatic nitrogens is 1. The van der Waals surface area contributed by atoms with Crippen molar-refractivity contribution < 1.29 is 9.53 Å². The van der Waals surface area contributed by atoms with Gasteiger partial charge in [-0.2, -0.15) is 0 Å². The molecule has 1 aliphatic heterocycles. The van der Waals surface area contributed by atoms with Gasteiger partial charge in [0.15, 0.2) is 0 Å². The first kappa shape index (κ1) is 12.4. The molecule has 5 heteroatoms.